The number of aromatic nitrogens is 1. The first-order valence-corrected chi connectivity index (χ1v) is 9.53. The summed E-state index contributed by atoms with van der Waals surface area (Å²) in [7, 11) is 0. The standard InChI is InChI=1S/C19H20BrN3O3/c20-13-9-15(11-21-10-13)22-14-5-7-23(8-6-14)19(24)18-12-25-16-3-1-2-4-17(16)26-18/h1-4,9-11,14,18,22H,5-8,12H2. The number of amides is 1. The number of anilines is 1. The van der Waals surface area contributed by atoms with E-state index in [9.17, 15) is 4.79 Å². The molecule has 2 aliphatic heterocycles. The van der Waals surface area contributed by atoms with Gasteiger partial charge in [-0.3, -0.25) is 9.78 Å². The molecule has 6 nitrogen and oxygen atoms in total. The highest BCUT2D eigenvalue weighted by Crippen LogP contribution is 2.31. The van der Waals surface area contributed by atoms with E-state index >= 15 is 0 Å². The number of hydrogen-bond acceptors (Lipinski definition) is 5. The number of piperidine rings is 1. The Kier molecular flexibility index (Phi) is 4.97. The third-order valence-electron chi connectivity index (χ3n) is 4.67. The third kappa shape index (κ3) is 3.77. The lowest BCUT2D eigenvalue weighted by Gasteiger charge is -2.35. The molecule has 1 amide bonds. The second-order valence-corrected chi connectivity index (χ2v) is 7.42. The normalized spacial score (nSPS) is 19.9. The Hall–Kier alpha value is -2.28. The van der Waals surface area contributed by atoms with Gasteiger partial charge in [0.05, 0.1) is 11.9 Å². The number of likely N-dealkylation sites (tertiary alicyclic amines) is 1. The Labute approximate surface area is 160 Å². The van der Waals surface area contributed by atoms with E-state index in [-0.39, 0.29) is 12.5 Å². The lowest BCUT2D eigenvalue weighted by Crippen LogP contribution is -2.50. The number of rotatable bonds is 3. The molecular weight excluding hydrogens is 398 g/mol. The molecule has 3 heterocycles. The molecule has 26 heavy (non-hydrogen) atoms. The number of halogens is 1. The van der Waals surface area contributed by atoms with Crippen molar-refractivity contribution in [1.29, 1.82) is 0 Å². The van der Waals surface area contributed by atoms with E-state index in [1.807, 2.05) is 41.4 Å². The first-order chi connectivity index (χ1) is 12.7. The number of para-hydroxylation sites is 2. The molecule has 7 heteroatoms. The van der Waals surface area contributed by atoms with Crippen LogP contribution in [0, 0.1) is 0 Å². The van der Waals surface area contributed by atoms with E-state index in [1.54, 1.807) is 6.20 Å². The Balaban J connectivity index is 1.31. The van der Waals surface area contributed by atoms with Gasteiger partial charge in [0.25, 0.3) is 5.91 Å². The van der Waals surface area contributed by atoms with Crippen LogP contribution in [0.3, 0.4) is 0 Å². The van der Waals surface area contributed by atoms with Crippen LogP contribution in [0.2, 0.25) is 0 Å². The van der Waals surface area contributed by atoms with Crippen molar-refractivity contribution in [2.24, 2.45) is 0 Å². The summed E-state index contributed by atoms with van der Waals surface area (Å²) in [5, 5.41) is 3.49. The molecule has 1 aromatic carbocycles. The smallest absolute Gasteiger partial charge is 0.267 e. The van der Waals surface area contributed by atoms with Crippen LogP contribution in [0.5, 0.6) is 11.5 Å². The van der Waals surface area contributed by atoms with Crippen molar-refractivity contribution < 1.29 is 14.3 Å². The van der Waals surface area contributed by atoms with Gasteiger partial charge in [0.15, 0.2) is 11.5 Å². The van der Waals surface area contributed by atoms with E-state index in [0.717, 1.165) is 23.0 Å². The Morgan fingerprint density at radius 3 is 2.73 bits per heavy atom. The fourth-order valence-corrected chi connectivity index (χ4v) is 3.68. The third-order valence-corrected chi connectivity index (χ3v) is 5.10. The SMILES string of the molecule is O=C(C1COc2ccccc2O1)N1CCC(Nc2cncc(Br)c2)CC1. The lowest BCUT2D eigenvalue weighted by atomic mass is 10.0. The van der Waals surface area contributed by atoms with Crippen LogP contribution in [-0.2, 0) is 4.79 Å². The largest absolute Gasteiger partial charge is 0.485 e. The van der Waals surface area contributed by atoms with Gasteiger partial charge in [-0.15, -0.1) is 0 Å². The van der Waals surface area contributed by atoms with Gasteiger partial charge in [0.2, 0.25) is 6.10 Å². The van der Waals surface area contributed by atoms with Crippen LogP contribution in [0.25, 0.3) is 0 Å². The van der Waals surface area contributed by atoms with Gasteiger partial charge in [0, 0.05) is 29.8 Å². The number of carbonyl (C=O) groups is 1. The van der Waals surface area contributed by atoms with Gasteiger partial charge in [-0.25, -0.2) is 0 Å². The van der Waals surface area contributed by atoms with Crippen LogP contribution in [-0.4, -0.2) is 47.6 Å². The molecule has 4 rings (SSSR count). The second-order valence-electron chi connectivity index (χ2n) is 6.50. The van der Waals surface area contributed by atoms with E-state index in [4.69, 9.17) is 9.47 Å². The fourth-order valence-electron chi connectivity index (χ4n) is 3.32. The highest BCUT2D eigenvalue weighted by Gasteiger charge is 2.33. The molecule has 0 spiro atoms. The number of carbonyl (C=O) groups excluding carboxylic acids is 1. The van der Waals surface area contributed by atoms with Crippen molar-refractivity contribution in [3.05, 3.63) is 47.2 Å². The van der Waals surface area contributed by atoms with Crippen molar-refractivity contribution in [3.8, 4) is 11.5 Å². The summed E-state index contributed by atoms with van der Waals surface area (Å²) in [4.78, 5) is 18.8. The number of fused-ring (bicyclic) bond motifs is 1. The Bertz CT molecular complexity index is 793. The minimum Gasteiger partial charge on any atom is -0.485 e. The molecule has 2 aliphatic rings. The van der Waals surface area contributed by atoms with E-state index < -0.39 is 6.10 Å². The van der Waals surface area contributed by atoms with Gasteiger partial charge in [-0.2, -0.15) is 0 Å². The quantitative estimate of drug-likeness (QED) is 0.830. The highest BCUT2D eigenvalue weighted by atomic mass is 79.9. The maximum Gasteiger partial charge on any atom is 0.267 e. The van der Waals surface area contributed by atoms with Crippen LogP contribution in [0.15, 0.2) is 47.2 Å². The van der Waals surface area contributed by atoms with Crippen molar-refractivity contribution >= 4 is 27.5 Å². The number of nitrogens with zero attached hydrogens (tertiary/aromatic N) is 2. The number of nitrogens with one attached hydrogen (secondary N) is 1. The molecule has 0 bridgehead atoms. The van der Waals surface area contributed by atoms with Crippen molar-refractivity contribution in [1.82, 2.24) is 9.88 Å². The molecule has 1 N–H and O–H groups in total. The van der Waals surface area contributed by atoms with E-state index in [1.165, 1.54) is 0 Å². The lowest BCUT2D eigenvalue weighted by molar-refractivity contribution is -0.142. The summed E-state index contributed by atoms with van der Waals surface area (Å²) in [5.74, 6) is 1.33. The molecule has 1 saturated heterocycles. The molecule has 0 radical (unpaired) electrons. The van der Waals surface area contributed by atoms with Gasteiger partial charge in [0.1, 0.15) is 6.61 Å². The monoisotopic (exact) mass is 417 g/mol. The van der Waals surface area contributed by atoms with Gasteiger partial charge >= 0.3 is 0 Å². The minimum absolute atomic E-state index is 0.00192. The van der Waals surface area contributed by atoms with Crippen LogP contribution in [0.4, 0.5) is 5.69 Å². The molecule has 0 saturated carbocycles. The maximum atomic E-state index is 12.8. The minimum atomic E-state index is -0.566. The summed E-state index contributed by atoms with van der Waals surface area (Å²) >= 11 is 3.43. The van der Waals surface area contributed by atoms with Crippen LogP contribution < -0.4 is 14.8 Å². The van der Waals surface area contributed by atoms with Gasteiger partial charge in [-0.1, -0.05) is 12.1 Å². The molecule has 1 unspecified atom stereocenters. The molecular formula is C19H20BrN3O3. The van der Waals surface area contributed by atoms with Gasteiger partial charge in [-0.05, 0) is 47.0 Å². The molecule has 0 aliphatic carbocycles. The molecule has 1 fully saturated rings. The Morgan fingerprint density at radius 1 is 1.19 bits per heavy atom. The average molecular weight is 418 g/mol. The predicted octanol–water partition coefficient (Wildman–Crippen LogP) is 3.09. The summed E-state index contributed by atoms with van der Waals surface area (Å²) in [5.41, 5.74) is 0.991. The fraction of sp³-hybridized carbons (Fsp3) is 0.368. The zero-order chi connectivity index (χ0) is 17.9. The van der Waals surface area contributed by atoms with Crippen LogP contribution in [0.1, 0.15) is 12.8 Å². The zero-order valence-electron chi connectivity index (χ0n) is 14.2. The summed E-state index contributed by atoms with van der Waals surface area (Å²) in [6.07, 6.45) is 4.79. The molecule has 2 aromatic rings. The van der Waals surface area contributed by atoms with Crippen molar-refractivity contribution in [2.45, 2.75) is 25.0 Å². The van der Waals surface area contributed by atoms with Crippen molar-refractivity contribution in [3.63, 3.8) is 0 Å². The second kappa shape index (κ2) is 7.53. The van der Waals surface area contributed by atoms with E-state index in [2.05, 4.69) is 26.2 Å². The number of hydrogen-bond donors (Lipinski definition) is 1. The summed E-state index contributed by atoms with van der Waals surface area (Å²) in [6, 6.07) is 9.79. The first kappa shape index (κ1) is 17.1. The first-order valence-electron chi connectivity index (χ1n) is 8.73. The number of benzene rings is 1. The van der Waals surface area contributed by atoms with E-state index in [0.29, 0.717) is 30.6 Å². The molecule has 1 aromatic heterocycles. The topological polar surface area (TPSA) is 63.7 Å². The molecule has 136 valence electrons. The summed E-state index contributed by atoms with van der Waals surface area (Å²) in [6.45, 7) is 1.68. The average Bonchev–Trinajstić information content (AvgIpc) is 2.68. The molecule has 1 atom stereocenters. The number of pyridine rings is 1. The van der Waals surface area contributed by atoms with Crippen LogP contribution >= 0.6 is 15.9 Å². The predicted molar refractivity (Wildman–Crippen MR) is 102 cm³/mol. The highest BCUT2D eigenvalue weighted by molar-refractivity contribution is 9.10. The maximum absolute atomic E-state index is 12.8. The zero-order valence-corrected chi connectivity index (χ0v) is 15.8. The Morgan fingerprint density at radius 2 is 1.96 bits per heavy atom. The van der Waals surface area contributed by atoms with Crippen molar-refractivity contribution in [2.75, 3.05) is 25.0 Å². The van der Waals surface area contributed by atoms with Gasteiger partial charge < -0.3 is 19.7 Å². The number of ether oxygens (including phenoxy) is 2. The summed E-state index contributed by atoms with van der Waals surface area (Å²) < 4.78 is 12.4.